The number of esters is 1. The van der Waals surface area contributed by atoms with Gasteiger partial charge in [0.1, 0.15) is 18.2 Å². The van der Waals surface area contributed by atoms with E-state index in [4.69, 9.17) is 4.74 Å². The molecule has 1 aromatic carbocycles. The maximum Gasteiger partial charge on any atom is 0.419 e. The van der Waals surface area contributed by atoms with E-state index in [0.717, 1.165) is 6.07 Å². The second-order valence-corrected chi connectivity index (χ2v) is 9.45. The lowest BCUT2D eigenvalue weighted by Gasteiger charge is -2.41. The highest BCUT2D eigenvalue weighted by Gasteiger charge is 2.50. The van der Waals surface area contributed by atoms with Crippen LogP contribution in [0.1, 0.15) is 56.2 Å². The van der Waals surface area contributed by atoms with Crippen LogP contribution in [0.4, 0.5) is 17.6 Å². The summed E-state index contributed by atoms with van der Waals surface area (Å²) in [5.74, 6) is -5.03. The van der Waals surface area contributed by atoms with E-state index < -0.39 is 40.8 Å². The highest BCUT2D eigenvalue weighted by atomic mass is 19.4. The first-order valence-electron chi connectivity index (χ1n) is 11.2. The normalized spacial score (nSPS) is 21.9. The second kappa shape index (κ2) is 9.02. The minimum Gasteiger partial charge on any atom is -0.457 e. The van der Waals surface area contributed by atoms with Crippen molar-refractivity contribution in [2.45, 2.75) is 52.3 Å². The number of allylic oxidation sites excluding steroid dienone is 1. The Kier molecular flexibility index (Phi) is 6.38. The zero-order valence-corrected chi connectivity index (χ0v) is 19.4. The van der Waals surface area contributed by atoms with Crippen LogP contribution in [0.15, 0.2) is 59.0 Å². The third kappa shape index (κ3) is 4.63. The number of benzene rings is 1. The first-order valence-corrected chi connectivity index (χ1v) is 11.2. The van der Waals surface area contributed by atoms with Gasteiger partial charge < -0.3 is 4.74 Å². The SMILES string of the molecule is CC1=C(C(=O)OCc2cccnc2)C(c2cccc(C(F)(F)F)c2F)C2C(=O)C(C)(C)CCC2=N1. The molecule has 2 heterocycles. The summed E-state index contributed by atoms with van der Waals surface area (Å²) in [5.41, 5.74) is -1.53. The Bertz CT molecular complexity index is 1230. The molecule has 2 atom stereocenters. The molecule has 2 unspecified atom stereocenters. The van der Waals surface area contributed by atoms with Gasteiger partial charge in [-0.05, 0) is 37.5 Å². The Balaban J connectivity index is 1.84. The molecule has 5 nitrogen and oxygen atoms in total. The van der Waals surface area contributed by atoms with Crippen molar-refractivity contribution in [2.24, 2.45) is 16.3 Å². The van der Waals surface area contributed by atoms with Gasteiger partial charge in [0.05, 0.1) is 17.1 Å². The number of rotatable bonds is 4. The third-order valence-electron chi connectivity index (χ3n) is 6.64. The summed E-state index contributed by atoms with van der Waals surface area (Å²) in [7, 11) is 0. The third-order valence-corrected chi connectivity index (χ3v) is 6.64. The van der Waals surface area contributed by atoms with Gasteiger partial charge in [0, 0.05) is 40.7 Å². The molecule has 9 heteroatoms. The number of ketones is 1. The highest BCUT2D eigenvalue weighted by molar-refractivity contribution is 6.13. The summed E-state index contributed by atoms with van der Waals surface area (Å²) in [5, 5.41) is 0. The van der Waals surface area contributed by atoms with E-state index in [0.29, 0.717) is 30.2 Å². The molecule has 4 rings (SSSR count). The fourth-order valence-electron chi connectivity index (χ4n) is 4.76. The molecular formula is C26H24F4N2O3. The number of fused-ring (bicyclic) bond motifs is 1. The lowest BCUT2D eigenvalue weighted by atomic mass is 9.62. The smallest absolute Gasteiger partial charge is 0.419 e. The molecule has 2 aromatic rings. The van der Waals surface area contributed by atoms with Crippen LogP contribution in [0.5, 0.6) is 0 Å². The van der Waals surface area contributed by atoms with Crippen LogP contribution in [0.25, 0.3) is 0 Å². The van der Waals surface area contributed by atoms with Gasteiger partial charge in [-0.2, -0.15) is 13.2 Å². The molecule has 0 bridgehead atoms. The van der Waals surface area contributed by atoms with Gasteiger partial charge in [-0.3, -0.25) is 14.8 Å². The minimum atomic E-state index is -4.94. The van der Waals surface area contributed by atoms with E-state index in [2.05, 4.69) is 9.98 Å². The predicted octanol–water partition coefficient (Wildman–Crippen LogP) is 5.80. The molecule has 1 aliphatic carbocycles. The number of ether oxygens (including phenoxy) is 1. The molecular weight excluding hydrogens is 464 g/mol. The van der Waals surface area contributed by atoms with Gasteiger partial charge in [0.2, 0.25) is 0 Å². The van der Waals surface area contributed by atoms with Crippen molar-refractivity contribution in [1.29, 1.82) is 0 Å². The molecule has 0 radical (unpaired) electrons. The quantitative estimate of drug-likeness (QED) is 0.403. The molecule has 1 aliphatic heterocycles. The molecule has 1 fully saturated rings. The highest BCUT2D eigenvalue weighted by Crippen LogP contribution is 2.48. The Morgan fingerprint density at radius 2 is 1.91 bits per heavy atom. The molecule has 1 saturated carbocycles. The van der Waals surface area contributed by atoms with Gasteiger partial charge in [0.25, 0.3) is 0 Å². The summed E-state index contributed by atoms with van der Waals surface area (Å²) in [4.78, 5) is 35.2. The zero-order valence-electron chi connectivity index (χ0n) is 19.4. The van der Waals surface area contributed by atoms with Gasteiger partial charge in [0.15, 0.2) is 0 Å². The Hall–Kier alpha value is -3.36. The molecule has 0 N–H and O–H groups in total. The van der Waals surface area contributed by atoms with E-state index in [1.165, 1.54) is 19.2 Å². The van der Waals surface area contributed by atoms with Crippen molar-refractivity contribution in [2.75, 3.05) is 0 Å². The van der Waals surface area contributed by atoms with E-state index in [1.807, 2.05) is 0 Å². The fourth-order valence-corrected chi connectivity index (χ4v) is 4.76. The number of pyridine rings is 1. The summed E-state index contributed by atoms with van der Waals surface area (Å²) in [6, 6.07) is 6.26. The molecule has 0 saturated heterocycles. The Morgan fingerprint density at radius 3 is 2.57 bits per heavy atom. The van der Waals surface area contributed by atoms with Crippen LogP contribution in [-0.4, -0.2) is 22.4 Å². The van der Waals surface area contributed by atoms with Crippen LogP contribution in [-0.2, 0) is 27.1 Å². The maximum absolute atomic E-state index is 15.4. The zero-order chi connectivity index (χ0) is 25.5. The lowest BCUT2D eigenvalue weighted by molar-refractivity contribution is -0.141. The number of Topliss-reactive ketones (excluding diaryl/α,β-unsaturated/α-hetero) is 1. The van der Waals surface area contributed by atoms with E-state index in [9.17, 15) is 22.8 Å². The standard InChI is InChI=1S/C26H24F4N2O3/c1-14-19(24(34)35-13-15-6-5-11-31-12-15)20(16-7-4-8-17(22(16)27)26(28,29)30)21-18(32-14)9-10-25(2,3)23(21)33/h4-8,11-12,20-21H,9-10,13H2,1-3H3. The fraction of sp³-hybridized carbons (Fsp3) is 0.385. The van der Waals surface area contributed by atoms with E-state index >= 15 is 4.39 Å². The summed E-state index contributed by atoms with van der Waals surface area (Å²) in [6.45, 7) is 4.84. The van der Waals surface area contributed by atoms with Gasteiger partial charge in [-0.25, -0.2) is 9.18 Å². The van der Waals surface area contributed by atoms with E-state index in [-0.39, 0.29) is 29.2 Å². The first-order chi connectivity index (χ1) is 16.4. The van der Waals surface area contributed by atoms with Gasteiger partial charge in [-0.15, -0.1) is 0 Å². The Labute approximate surface area is 199 Å². The first kappa shape index (κ1) is 24.8. The number of carbonyl (C=O) groups is 2. The van der Waals surface area contributed by atoms with Crippen LogP contribution in [0.3, 0.4) is 0 Å². The molecule has 35 heavy (non-hydrogen) atoms. The van der Waals surface area contributed by atoms with E-state index in [1.54, 1.807) is 32.2 Å². The summed E-state index contributed by atoms with van der Waals surface area (Å²) < 4.78 is 61.4. The molecule has 184 valence electrons. The number of halogens is 4. The van der Waals surface area contributed by atoms with Crippen molar-refractivity contribution in [3.05, 3.63) is 76.5 Å². The van der Waals surface area contributed by atoms with Crippen molar-refractivity contribution in [3.63, 3.8) is 0 Å². The summed E-state index contributed by atoms with van der Waals surface area (Å²) in [6.07, 6.45) is -0.981. The number of aliphatic imine (C=N–C) groups is 1. The van der Waals surface area contributed by atoms with Crippen molar-refractivity contribution in [3.8, 4) is 0 Å². The number of aromatic nitrogens is 1. The number of alkyl halides is 3. The largest absolute Gasteiger partial charge is 0.457 e. The van der Waals surface area contributed by atoms with Gasteiger partial charge >= 0.3 is 12.1 Å². The number of hydrogen-bond acceptors (Lipinski definition) is 5. The van der Waals surface area contributed by atoms with Crippen LogP contribution >= 0.6 is 0 Å². The topological polar surface area (TPSA) is 68.6 Å². The van der Waals surface area contributed by atoms with Crippen LogP contribution < -0.4 is 0 Å². The van der Waals surface area contributed by atoms with Crippen LogP contribution in [0.2, 0.25) is 0 Å². The average molecular weight is 488 g/mol. The second-order valence-electron chi connectivity index (χ2n) is 9.45. The Morgan fingerprint density at radius 1 is 1.17 bits per heavy atom. The maximum atomic E-state index is 15.4. The number of hydrogen-bond donors (Lipinski definition) is 0. The molecule has 0 amide bonds. The minimum absolute atomic E-state index is 0.119. The molecule has 0 spiro atoms. The van der Waals surface area contributed by atoms with Crippen molar-refractivity contribution >= 4 is 17.5 Å². The molecule has 2 aliphatic rings. The monoisotopic (exact) mass is 488 g/mol. The molecule has 1 aromatic heterocycles. The number of carbonyl (C=O) groups excluding carboxylic acids is 2. The predicted molar refractivity (Wildman–Crippen MR) is 120 cm³/mol. The van der Waals surface area contributed by atoms with Crippen molar-refractivity contribution in [1.82, 2.24) is 4.98 Å². The van der Waals surface area contributed by atoms with Gasteiger partial charge in [-0.1, -0.05) is 32.0 Å². The van der Waals surface area contributed by atoms with Crippen LogP contribution in [0, 0.1) is 17.2 Å². The number of nitrogens with zero attached hydrogens (tertiary/aromatic N) is 2. The lowest BCUT2D eigenvalue weighted by Crippen LogP contribution is -2.46. The van der Waals surface area contributed by atoms with Crippen molar-refractivity contribution < 1.29 is 31.9 Å². The summed E-state index contributed by atoms with van der Waals surface area (Å²) >= 11 is 0. The average Bonchev–Trinajstić information content (AvgIpc) is 2.79.